The van der Waals surface area contributed by atoms with Gasteiger partial charge in [0.25, 0.3) is 0 Å². The molecule has 0 saturated heterocycles. The van der Waals surface area contributed by atoms with Crippen molar-refractivity contribution >= 4 is 33.3 Å². The molecule has 5 heavy (non-hydrogen) atoms. The molecule has 0 N–H and O–H groups in total. The van der Waals surface area contributed by atoms with Crippen LogP contribution in [-0.4, -0.2) is 12.2 Å². The van der Waals surface area contributed by atoms with Crippen molar-refractivity contribution in [2.24, 2.45) is 0 Å². The SMILES string of the molecule is O=[SH](=O)CI. The third-order valence-electron chi connectivity index (χ3n) is 0.0976. The van der Waals surface area contributed by atoms with Gasteiger partial charge in [-0.2, -0.15) is 0 Å². The standard InChI is InChI=1S/CH3IO2S/c2-1-5(3)4/h5H,1H2. The van der Waals surface area contributed by atoms with Crippen LogP contribution in [-0.2, 0) is 10.7 Å². The Labute approximate surface area is 45.7 Å². The Bertz CT molecular complexity index is 67.7. The zero-order valence-corrected chi connectivity index (χ0v) is 5.40. The van der Waals surface area contributed by atoms with E-state index in [-0.39, 0.29) is 3.76 Å². The van der Waals surface area contributed by atoms with Crippen LogP contribution in [0.2, 0.25) is 0 Å². The van der Waals surface area contributed by atoms with Crippen LogP contribution in [0.1, 0.15) is 0 Å². The van der Waals surface area contributed by atoms with E-state index in [1.807, 2.05) is 0 Å². The zero-order chi connectivity index (χ0) is 4.28. The summed E-state index contributed by atoms with van der Waals surface area (Å²) in [5, 5.41) is 0. The van der Waals surface area contributed by atoms with E-state index in [4.69, 9.17) is 0 Å². The molecule has 0 aromatic rings. The lowest BCUT2D eigenvalue weighted by Crippen LogP contribution is -1.67. The number of thiol groups is 1. The molecular formula is CH3IO2S. The quantitative estimate of drug-likeness (QED) is 0.372. The minimum Gasteiger partial charge on any atom is -0.231 e. The first kappa shape index (κ1) is 5.68. The minimum absolute atomic E-state index is 0.229. The minimum atomic E-state index is -2.11. The summed E-state index contributed by atoms with van der Waals surface area (Å²) in [5.41, 5.74) is 0. The maximum Gasteiger partial charge on any atom is 0.149 e. The fraction of sp³-hybridized carbons (Fsp3) is 1.00. The van der Waals surface area contributed by atoms with Crippen molar-refractivity contribution in [1.82, 2.24) is 0 Å². The van der Waals surface area contributed by atoms with Gasteiger partial charge in [-0.05, 0) is 0 Å². The summed E-state index contributed by atoms with van der Waals surface area (Å²) in [5.74, 6) is 0. The van der Waals surface area contributed by atoms with Crippen LogP contribution in [0.4, 0.5) is 0 Å². The van der Waals surface area contributed by atoms with Gasteiger partial charge in [0.1, 0.15) is 10.7 Å². The first-order valence-electron chi connectivity index (χ1n) is 0.949. The largest absolute Gasteiger partial charge is 0.231 e. The normalized spacial score (nSPS) is 9.20. The molecule has 2 nitrogen and oxygen atoms in total. The monoisotopic (exact) mass is 206 g/mol. The van der Waals surface area contributed by atoms with Gasteiger partial charge in [0.15, 0.2) is 0 Å². The molecule has 0 saturated carbocycles. The summed E-state index contributed by atoms with van der Waals surface area (Å²) < 4.78 is 19.0. The van der Waals surface area contributed by atoms with Gasteiger partial charge in [-0.25, -0.2) is 8.42 Å². The number of rotatable bonds is 1. The second-order valence-corrected chi connectivity index (χ2v) is 3.40. The van der Waals surface area contributed by atoms with E-state index < -0.39 is 10.7 Å². The Balaban J connectivity index is 3.23. The molecule has 0 unspecified atom stereocenters. The van der Waals surface area contributed by atoms with Crippen molar-refractivity contribution in [2.75, 3.05) is 3.76 Å². The van der Waals surface area contributed by atoms with Gasteiger partial charge in [-0.3, -0.25) is 0 Å². The molecule has 0 heterocycles. The van der Waals surface area contributed by atoms with Crippen LogP contribution in [0, 0.1) is 0 Å². The van der Waals surface area contributed by atoms with Gasteiger partial charge < -0.3 is 0 Å². The van der Waals surface area contributed by atoms with Crippen LogP contribution >= 0.6 is 22.6 Å². The van der Waals surface area contributed by atoms with Crippen LogP contribution in [0.5, 0.6) is 0 Å². The van der Waals surface area contributed by atoms with Crippen molar-refractivity contribution in [3.63, 3.8) is 0 Å². The third kappa shape index (κ3) is 4.68. The van der Waals surface area contributed by atoms with Gasteiger partial charge in [0.2, 0.25) is 0 Å². The summed E-state index contributed by atoms with van der Waals surface area (Å²) in [6.45, 7) is 0. The Morgan fingerprint density at radius 2 is 1.80 bits per heavy atom. The van der Waals surface area contributed by atoms with Crippen LogP contribution in [0.15, 0.2) is 0 Å². The van der Waals surface area contributed by atoms with Gasteiger partial charge in [-0.15, -0.1) is 0 Å². The molecule has 0 fully saturated rings. The molecular weight excluding hydrogens is 203 g/mol. The lowest BCUT2D eigenvalue weighted by Gasteiger charge is -1.58. The molecule has 0 spiro atoms. The molecule has 0 aliphatic rings. The van der Waals surface area contributed by atoms with Gasteiger partial charge in [0.05, 0.1) is 3.76 Å². The number of hydrogen-bond acceptors (Lipinski definition) is 2. The van der Waals surface area contributed by atoms with Crippen LogP contribution < -0.4 is 0 Å². The van der Waals surface area contributed by atoms with Gasteiger partial charge in [-0.1, -0.05) is 22.6 Å². The summed E-state index contributed by atoms with van der Waals surface area (Å²) >= 11 is 1.78. The van der Waals surface area contributed by atoms with E-state index in [1.54, 1.807) is 22.6 Å². The predicted octanol–water partition coefficient (Wildman–Crippen LogP) is -0.00970. The Hall–Kier alpha value is 0.680. The van der Waals surface area contributed by atoms with Crippen molar-refractivity contribution in [3.05, 3.63) is 0 Å². The summed E-state index contributed by atoms with van der Waals surface area (Å²) in [6, 6.07) is 0. The van der Waals surface area contributed by atoms with E-state index in [0.717, 1.165) is 0 Å². The Morgan fingerprint density at radius 1 is 1.60 bits per heavy atom. The second kappa shape index (κ2) is 2.89. The number of hydrogen-bond donors (Lipinski definition) is 1. The fourth-order valence-electron chi connectivity index (χ4n) is 0. The molecule has 0 aromatic carbocycles. The lowest BCUT2D eigenvalue weighted by molar-refractivity contribution is 0.619. The highest BCUT2D eigenvalue weighted by molar-refractivity contribution is 14.1. The van der Waals surface area contributed by atoms with Crippen LogP contribution in [0.25, 0.3) is 0 Å². The Morgan fingerprint density at radius 3 is 1.80 bits per heavy atom. The van der Waals surface area contributed by atoms with E-state index >= 15 is 0 Å². The molecule has 0 aliphatic heterocycles. The van der Waals surface area contributed by atoms with Crippen molar-refractivity contribution in [1.29, 1.82) is 0 Å². The van der Waals surface area contributed by atoms with Gasteiger partial charge in [0, 0.05) is 0 Å². The number of halogens is 1. The fourth-order valence-corrected chi connectivity index (χ4v) is 0. The van der Waals surface area contributed by atoms with Crippen molar-refractivity contribution < 1.29 is 8.42 Å². The molecule has 0 bridgehead atoms. The summed E-state index contributed by atoms with van der Waals surface area (Å²) in [7, 11) is -2.11. The van der Waals surface area contributed by atoms with Crippen molar-refractivity contribution in [3.8, 4) is 0 Å². The molecule has 4 heteroatoms. The molecule has 0 rings (SSSR count). The van der Waals surface area contributed by atoms with Gasteiger partial charge >= 0.3 is 0 Å². The smallest absolute Gasteiger partial charge is 0.149 e. The zero-order valence-electron chi connectivity index (χ0n) is 2.35. The molecule has 0 amide bonds. The van der Waals surface area contributed by atoms with E-state index in [9.17, 15) is 8.42 Å². The first-order chi connectivity index (χ1) is 2.27. The second-order valence-electron chi connectivity index (χ2n) is 0.452. The Kier molecular flexibility index (Phi) is 3.29. The van der Waals surface area contributed by atoms with E-state index in [2.05, 4.69) is 0 Å². The average molecular weight is 206 g/mol. The predicted molar refractivity (Wildman–Crippen MR) is 29.2 cm³/mol. The van der Waals surface area contributed by atoms with Crippen molar-refractivity contribution in [2.45, 2.75) is 0 Å². The highest BCUT2D eigenvalue weighted by Crippen LogP contribution is 1.75. The molecule has 0 radical (unpaired) electrons. The molecule has 32 valence electrons. The average Bonchev–Trinajstić information content (AvgIpc) is 1.38. The van der Waals surface area contributed by atoms with E-state index in [1.165, 1.54) is 0 Å². The summed E-state index contributed by atoms with van der Waals surface area (Å²) in [6.07, 6.45) is 0. The third-order valence-corrected chi connectivity index (χ3v) is 1.96. The lowest BCUT2D eigenvalue weighted by atomic mass is 12.0. The highest BCUT2D eigenvalue weighted by atomic mass is 127. The first-order valence-corrected chi connectivity index (χ1v) is 3.84. The topological polar surface area (TPSA) is 34.1 Å². The maximum absolute atomic E-state index is 9.40. The summed E-state index contributed by atoms with van der Waals surface area (Å²) in [4.78, 5) is 0. The van der Waals surface area contributed by atoms with Crippen LogP contribution in [0.3, 0.4) is 0 Å². The number of alkyl halides is 1. The molecule has 0 aromatic heterocycles. The molecule has 0 aliphatic carbocycles. The highest BCUT2D eigenvalue weighted by Gasteiger charge is 1.67. The maximum atomic E-state index is 9.40. The molecule has 0 atom stereocenters. The van der Waals surface area contributed by atoms with E-state index in [0.29, 0.717) is 0 Å².